The summed E-state index contributed by atoms with van der Waals surface area (Å²) in [6.45, 7) is 0.311. The minimum atomic E-state index is -0.167. The number of ether oxygens (including phenoxy) is 1. The van der Waals surface area contributed by atoms with Gasteiger partial charge in [-0.3, -0.25) is 9.69 Å². The minimum absolute atomic E-state index is 0.167. The number of nitrogens with zero attached hydrogens (tertiary/aromatic N) is 1. The van der Waals surface area contributed by atoms with E-state index in [1.54, 1.807) is 43.7 Å². The van der Waals surface area contributed by atoms with Gasteiger partial charge in [-0.25, -0.2) is 0 Å². The number of amides is 1. The van der Waals surface area contributed by atoms with E-state index in [1.807, 2.05) is 0 Å². The van der Waals surface area contributed by atoms with Crippen LogP contribution in [-0.4, -0.2) is 22.2 Å². The highest BCUT2D eigenvalue weighted by atomic mass is 79.9. The van der Waals surface area contributed by atoms with E-state index in [0.717, 1.165) is 4.47 Å². The van der Waals surface area contributed by atoms with Gasteiger partial charge in [-0.15, -0.1) is 0 Å². The molecule has 1 aliphatic rings. The molecule has 2 aromatic rings. The van der Waals surface area contributed by atoms with Crippen molar-refractivity contribution in [3.8, 4) is 5.75 Å². The van der Waals surface area contributed by atoms with Crippen molar-refractivity contribution in [2.75, 3.05) is 7.11 Å². The van der Waals surface area contributed by atoms with Gasteiger partial charge in [0.2, 0.25) is 0 Å². The maximum absolute atomic E-state index is 12.6. The van der Waals surface area contributed by atoms with E-state index in [-0.39, 0.29) is 5.91 Å². The van der Waals surface area contributed by atoms with Gasteiger partial charge in [0.05, 0.1) is 29.3 Å². The van der Waals surface area contributed by atoms with Crippen molar-refractivity contribution in [3.63, 3.8) is 0 Å². The van der Waals surface area contributed by atoms with Crippen molar-refractivity contribution >= 4 is 67.8 Å². The van der Waals surface area contributed by atoms with Gasteiger partial charge in [-0.2, -0.15) is 0 Å². The Morgan fingerprint density at radius 1 is 1.50 bits per heavy atom. The molecule has 24 heavy (non-hydrogen) atoms. The molecule has 4 nitrogen and oxygen atoms in total. The monoisotopic (exact) mass is 443 g/mol. The van der Waals surface area contributed by atoms with Crippen LogP contribution in [0.1, 0.15) is 11.3 Å². The number of carbonyl (C=O) groups excluding carboxylic acids is 1. The van der Waals surface area contributed by atoms with Gasteiger partial charge >= 0.3 is 0 Å². The molecule has 0 atom stereocenters. The second-order valence-corrected chi connectivity index (χ2v) is 7.82. The van der Waals surface area contributed by atoms with Crippen molar-refractivity contribution in [3.05, 3.63) is 56.3 Å². The predicted octanol–water partition coefficient (Wildman–Crippen LogP) is 5.11. The number of thioether (sulfide) groups is 1. The number of hydrogen-bond acceptors (Lipinski definition) is 5. The Hall–Kier alpha value is -1.28. The van der Waals surface area contributed by atoms with Crippen molar-refractivity contribution in [1.82, 2.24) is 4.90 Å². The summed E-state index contributed by atoms with van der Waals surface area (Å²) in [4.78, 5) is 14.7. The molecule has 0 bridgehead atoms. The van der Waals surface area contributed by atoms with Crippen LogP contribution in [0, 0.1) is 0 Å². The molecule has 1 fully saturated rings. The van der Waals surface area contributed by atoms with Crippen LogP contribution in [0.2, 0.25) is 5.02 Å². The zero-order chi connectivity index (χ0) is 17.3. The van der Waals surface area contributed by atoms with E-state index in [4.69, 9.17) is 33.0 Å². The van der Waals surface area contributed by atoms with Gasteiger partial charge in [0, 0.05) is 10.6 Å². The molecule has 1 aromatic heterocycles. The lowest BCUT2D eigenvalue weighted by atomic mass is 10.2. The van der Waals surface area contributed by atoms with Gasteiger partial charge in [0.1, 0.15) is 15.8 Å². The third-order valence-electron chi connectivity index (χ3n) is 3.30. The fourth-order valence-corrected chi connectivity index (χ4v) is 4.48. The number of rotatable bonds is 4. The fourth-order valence-electron chi connectivity index (χ4n) is 2.24. The summed E-state index contributed by atoms with van der Waals surface area (Å²) >= 11 is 16.1. The SMILES string of the molecule is COc1c(Br)cc(Cl)cc1/C=C1\SC(=S)N(Cc2ccco2)C1=O. The smallest absolute Gasteiger partial charge is 0.266 e. The van der Waals surface area contributed by atoms with Gasteiger partial charge in [-0.05, 0) is 46.3 Å². The first kappa shape index (κ1) is 17.5. The molecule has 0 spiro atoms. The molecule has 0 unspecified atom stereocenters. The van der Waals surface area contributed by atoms with Crippen LogP contribution in [0.5, 0.6) is 5.75 Å². The largest absolute Gasteiger partial charge is 0.495 e. The maximum atomic E-state index is 12.6. The number of hydrogen-bond donors (Lipinski definition) is 0. The Bertz CT molecular complexity index is 836. The number of furan rings is 1. The van der Waals surface area contributed by atoms with E-state index < -0.39 is 0 Å². The maximum Gasteiger partial charge on any atom is 0.266 e. The second kappa shape index (κ2) is 7.31. The van der Waals surface area contributed by atoms with E-state index >= 15 is 0 Å². The van der Waals surface area contributed by atoms with Crippen LogP contribution in [0.4, 0.5) is 0 Å². The molecule has 8 heteroatoms. The van der Waals surface area contributed by atoms with Crippen LogP contribution in [0.25, 0.3) is 6.08 Å². The first-order chi connectivity index (χ1) is 11.5. The molecule has 0 N–H and O–H groups in total. The third kappa shape index (κ3) is 3.54. The van der Waals surface area contributed by atoms with Gasteiger partial charge in [-0.1, -0.05) is 35.6 Å². The van der Waals surface area contributed by atoms with Crippen LogP contribution < -0.4 is 4.74 Å². The van der Waals surface area contributed by atoms with Crippen molar-refractivity contribution in [1.29, 1.82) is 0 Å². The molecule has 0 aliphatic carbocycles. The standard InChI is InChI=1S/C16H11BrClNO3S2/c1-21-14-9(5-10(18)7-12(14)17)6-13-15(20)19(16(23)24-13)8-11-3-2-4-22-11/h2-7H,8H2,1H3/b13-6-. The molecule has 1 saturated heterocycles. The summed E-state index contributed by atoms with van der Waals surface area (Å²) in [5, 5.41) is 0.542. The molecule has 124 valence electrons. The molecule has 0 radical (unpaired) electrons. The first-order valence-corrected chi connectivity index (χ1v) is 9.20. The molecule has 3 rings (SSSR count). The average molecular weight is 445 g/mol. The lowest BCUT2D eigenvalue weighted by Crippen LogP contribution is -2.27. The topological polar surface area (TPSA) is 42.7 Å². The Labute approximate surface area is 161 Å². The predicted molar refractivity (Wildman–Crippen MR) is 103 cm³/mol. The summed E-state index contributed by atoms with van der Waals surface area (Å²) < 4.78 is 11.9. The Kier molecular flexibility index (Phi) is 5.34. The minimum Gasteiger partial charge on any atom is -0.495 e. The number of thiocarbonyl (C=S) groups is 1. The lowest BCUT2D eigenvalue weighted by Gasteiger charge is -2.12. The molecule has 1 aliphatic heterocycles. The quantitative estimate of drug-likeness (QED) is 0.484. The number of methoxy groups -OCH3 is 1. The highest BCUT2D eigenvalue weighted by Gasteiger charge is 2.32. The van der Waals surface area contributed by atoms with E-state index in [1.165, 1.54) is 16.7 Å². The molecule has 0 saturated carbocycles. The van der Waals surface area contributed by atoms with Gasteiger partial charge in [0.25, 0.3) is 5.91 Å². The zero-order valence-electron chi connectivity index (χ0n) is 12.4. The molecule has 2 heterocycles. The Morgan fingerprint density at radius 3 is 2.96 bits per heavy atom. The lowest BCUT2D eigenvalue weighted by molar-refractivity contribution is -0.122. The first-order valence-electron chi connectivity index (χ1n) is 6.80. The van der Waals surface area contributed by atoms with Crippen LogP contribution >= 0.6 is 51.5 Å². The number of benzene rings is 1. The highest BCUT2D eigenvalue weighted by molar-refractivity contribution is 9.10. The molecule has 1 aromatic carbocycles. The molecule has 1 amide bonds. The Morgan fingerprint density at radius 2 is 2.29 bits per heavy atom. The third-order valence-corrected chi connectivity index (χ3v) is 5.48. The fraction of sp³-hybridized carbons (Fsp3) is 0.125. The summed E-state index contributed by atoms with van der Waals surface area (Å²) in [6, 6.07) is 7.06. The average Bonchev–Trinajstić information content (AvgIpc) is 3.11. The Balaban J connectivity index is 1.92. The van der Waals surface area contributed by atoms with Gasteiger partial charge < -0.3 is 9.15 Å². The van der Waals surface area contributed by atoms with E-state index in [9.17, 15) is 4.79 Å². The normalized spacial score (nSPS) is 16.3. The van der Waals surface area contributed by atoms with Gasteiger partial charge in [0.15, 0.2) is 0 Å². The number of carbonyl (C=O) groups is 1. The summed E-state index contributed by atoms with van der Waals surface area (Å²) in [7, 11) is 1.56. The summed E-state index contributed by atoms with van der Waals surface area (Å²) in [5.41, 5.74) is 0.704. The second-order valence-electron chi connectivity index (χ2n) is 4.86. The van der Waals surface area contributed by atoms with Crippen LogP contribution in [0.15, 0.2) is 44.3 Å². The van der Waals surface area contributed by atoms with Crippen LogP contribution in [0.3, 0.4) is 0 Å². The van der Waals surface area contributed by atoms with Crippen molar-refractivity contribution in [2.45, 2.75) is 6.54 Å². The highest BCUT2D eigenvalue weighted by Crippen LogP contribution is 2.38. The van der Waals surface area contributed by atoms with E-state index in [2.05, 4.69) is 15.9 Å². The summed E-state index contributed by atoms with van der Waals surface area (Å²) in [5.74, 6) is 1.12. The number of halogens is 2. The molecular formula is C16H11BrClNO3S2. The summed E-state index contributed by atoms with van der Waals surface area (Å²) in [6.07, 6.45) is 3.30. The van der Waals surface area contributed by atoms with Crippen molar-refractivity contribution in [2.24, 2.45) is 0 Å². The van der Waals surface area contributed by atoms with Crippen molar-refractivity contribution < 1.29 is 13.9 Å². The molecular weight excluding hydrogens is 434 g/mol. The van der Waals surface area contributed by atoms with E-state index in [0.29, 0.717) is 37.9 Å². The van der Waals surface area contributed by atoms with Crippen LogP contribution in [-0.2, 0) is 11.3 Å². The zero-order valence-corrected chi connectivity index (χ0v) is 16.4.